The van der Waals surface area contributed by atoms with Gasteiger partial charge in [-0.25, -0.2) is 0 Å². The highest BCUT2D eigenvalue weighted by Crippen LogP contribution is 2.41. The average Bonchev–Trinajstić information content (AvgIpc) is 2.66. The quantitative estimate of drug-likeness (QED) is 0.799. The van der Waals surface area contributed by atoms with E-state index in [1.165, 1.54) is 0 Å². The van der Waals surface area contributed by atoms with Crippen molar-refractivity contribution in [1.29, 1.82) is 0 Å². The third-order valence-electron chi connectivity index (χ3n) is 6.14. The fourth-order valence-corrected chi connectivity index (χ4v) is 4.27. The number of piperidine rings is 2. The summed E-state index contributed by atoms with van der Waals surface area (Å²) in [5, 5.41) is 0. The van der Waals surface area contributed by atoms with Crippen LogP contribution in [0.15, 0.2) is 12.4 Å². The number of hydrogen-bond donors (Lipinski definition) is 0. The van der Waals surface area contributed by atoms with Crippen molar-refractivity contribution in [2.24, 2.45) is 5.41 Å². The zero-order chi connectivity index (χ0) is 19.6. The number of carbonyl (C=O) groups is 2. The fraction of sp³-hybridized carbons (Fsp3) is 0.700. The fourth-order valence-electron chi connectivity index (χ4n) is 4.27. The first kappa shape index (κ1) is 19.7. The predicted molar refractivity (Wildman–Crippen MR) is 103 cm³/mol. The van der Waals surface area contributed by atoms with Crippen LogP contribution in [0.5, 0.6) is 0 Å². The van der Waals surface area contributed by atoms with E-state index in [9.17, 15) is 9.59 Å². The molecule has 0 aromatic carbocycles. The maximum absolute atomic E-state index is 12.4. The van der Waals surface area contributed by atoms with E-state index in [0.29, 0.717) is 13.0 Å². The molecule has 1 atom stereocenters. The van der Waals surface area contributed by atoms with Crippen molar-refractivity contribution < 1.29 is 9.59 Å². The summed E-state index contributed by atoms with van der Waals surface area (Å²) in [5.74, 6) is 0.367. The number of rotatable bonds is 4. The lowest BCUT2D eigenvalue weighted by atomic mass is 9.72. The molecule has 2 fully saturated rings. The molecule has 2 aliphatic heterocycles. The second-order valence-corrected chi connectivity index (χ2v) is 8.34. The Bertz CT molecular complexity index is 680. The van der Waals surface area contributed by atoms with Crippen LogP contribution in [0, 0.1) is 12.3 Å². The van der Waals surface area contributed by atoms with Gasteiger partial charge in [0.2, 0.25) is 11.8 Å². The number of carbonyl (C=O) groups excluding carboxylic acids is 2. The van der Waals surface area contributed by atoms with Crippen LogP contribution in [0.3, 0.4) is 0 Å². The molecule has 0 bridgehead atoms. The van der Waals surface area contributed by atoms with Gasteiger partial charge in [-0.15, -0.1) is 0 Å². The van der Waals surface area contributed by atoms with Crippen LogP contribution >= 0.6 is 0 Å². The summed E-state index contributed by atoms with van der Waals surface area (Å²) in [6, 6.07) is -0.0819. The summed E-state index contributed by atoms with van der Waals surface area (Å²) >= 11 is 0. The molecule has 1 aromatic rings. The van der Waals surface area contributed by atoms with E-state index in [2.05, 4.69) is 14.9 Å². The SMILES string of the molecule is Cc1cnc(CN2CC3(CCC2=O)CCN([C@@H](C)C(=O)N(C)C)CC3)cn1. The first-order valence-corrected chi connectivity index (χ1v) is 9.80. The number of nitrogens with zero attached hydrogens (tertiary/aromatic N) is 5. The van der Waals surface area contributed by atoms with Crippen LogP contribution in [-0.2, 0) is 16.1 Å². The molecule has 2 saturated heterocycles. The molecule has 0 radical (unpaired) electrons. The molecule has 7 heteroatoms. The Morgan fingerprint density at radius 3 is 2.52 bits per heavy atom. The monoisotopic (exact) mass is 373 g/mol. The molecule has 1 spiro atoms. The molecule has 0 aliphatic carbocycles. The third kappa shape index (κ3) is 4.46. The Balaban J connectivity index is 1.61. The molecule has 1 aromatic heterocycles. The molecule has 2 amide bonds. The summed E-state index contributed by atoms with van der Waals surface area (Å²) in [5.41, 5.74) is 1.89. The van der Waals surface area contributed by atoms with Crippen molar-refractivity contribution >= 4 is 11.8 Å². The number of likely N-dealkylation sites (tertiary alicyclic amines) is 2. The smallest absolute Gasteiger partial charge is 0.239 e. The number of amides is 2. The van der Waals surface area contributed by atoms with E-state index in [1.54, 1.807) is 17.3 Å². The Kier molecular flexibility index (Phi) is 5.79. The topological polar surface area (TPSA) is 69.6 Å². The number of aryl methyl sites for hydroxylation is 1. The van der Waals surface area contributed by atoms with E-state index < -0.39 is 0 Å². The lowest BCUT2D eigenvalue weighted by molar-refractivity contribution is -0.141. The molecule has 2 aliphatic rings. The number of aromatic nitrogens is 2. The normalized spacial score (nSPS) is 21.3. The Morgan fingerprint density at radius 2 is 1.93 bits per heavy atom. The van der Waals surface area contributed by atoms with Crippen LogP contribution < -0.4 is 0 Å². The van der Waals surface area contributed by atoms with Gasteiger partial charge in [-0.3, -0.25) is 24.5 Å². The molecule has 0 unspecified atom stereocenters. The molecule has 148 valence electrons. The van der Waals surface area contributed by atoms with Crippen molar-refractivity contribution in [3.63, 3.8) is 0 Å². The Morgan fingerprint density at radius 1 is 1.22 bits per heavy atom. The Labute approximate surface area is 161 Å². The highest BCUT2D eigenvalue weighted by molar-refractivity contribution is 5.81. The molecule has 27 heavy (non-hydrogen) atoms. The second-order valence-electron chi connectivity index (χ2n) is 8.34. The van der Waals surface area contributed by atoms with Crippen LogP contribution in [-0.4, -0.2) is 76.3 Å². The maximum Gasteiger partial charge on any atom is 0.239 e. The van der Waals surface area contributed by atoms with Crippen molar-refractivity contribution in [2.75, 3.05) is 33.7 Å². The molecule has 3 rings (SSSR count). The van der Waals surface area contributed by atoms with Gasteiger partial charge in [-0.1, -0.05) is 0 Å². The lowest BCUT2D eigenvalue weighted by Crippen LogP contribution is -2.54. The first-order chi connectivity index (χ1) is 12.8. The van der Waals surface area contributed by atoms with E-state index in [1.807, 2.05) is 32.8 Å². The van der Waals surface area contributed by atoms with Gasteiger partial charge in [0, 0.05) is 33.3 Å². The van der Waals surface area contributed by atoms with Gasteiger partial charge in [-0.2, -0.15) is 0 Å². The van der Waals surface area contributed by atoms with E-state index in [0.717, 1.165) is 50.3 Å². The van der Waals surface area contributed by atoms with E-state index in [-0.39, 0.29) is 23.3 Å². The van der Waals surface area contributed by atoms with Gasteiger partial charge < -0.3 is 9.80 Å². The van der Waals surface area contributed by atoms with Gasteiger partial charge in [0.1, 0.15) is 0 Å². The maximum atomic E-state index is 12.4. The molecule has 3 heterocycles. The van der Waals surface area contributed by atoms with Gasteiger partial charge in [0.25, 0.3) is 0 Å². The highest BCUT2D eigenvalue weighted by Gasteiger charge is 2.42. The zero-order valence-electron chi connectivity index (χ0n) is 16.9. The predicted octanol–water partition coefficient (Wildman–Crippen LogP) is 1.47. The van der Waals surface area contributed by atoms with E-state index >= 15 is 0 Å². The molecule has 7 nitrogen and oxygen atoms in total. The van der Waals surface area contributed by atoms with Gasteiger partial charge in [0.05, 0.1) is 30.2 Å². The number of hydrogen-bond acceptors (Lipinski definition) is 5. The zero-order valence-corrected chi connectivity index (χ0v) is 16.9. The summed E-state index contributed by atoms with van der Waals surface area (Å²) in [4.78, 5) is 39.3. The van der Waals surface area contributed by atoms with Crippen molar-refractivity contribution in [2.45, 2.75) is 52.1 Å². The summed E-state index contributed by atoms with van der Waals surface area (Å²) in [6.45, 7) is 7.04. The van der Waals surface area contributed by atoms with Gasteiger partial charge in [0.15, 0.2) is 0 Å². The van der Waals surface area contributed by atoms with Crippen LogP contribution in [0.25, 0.3) is 0 Å². The van der Waals surface area contributed by atoms with Crippen molar-refractivity contribution in [1.82, 2.24) is 24.7 Å². The van der Waals surface area contributed by atoms with Crippen LogP contribution in [0.1, 0.15) is 44.0 Å². The minimum atomic E-state index is -0.0819. The highest BCUT2D eigenvalue weighted by atomic mass is 16.2. The minimum absolute atomic E-state index is 0.0819. The van der Waals surface area contributed by atoms with Crippen LogP contribution in [0.4, 0.5) is 0 Å². The van der Waals surface area contributed by atoms with Gasteiger partial charge in [-0.05, 0) is 51.6 Å². The third-order valence-corrected chi connectivity index (χ3v) is 6.14. The summed E-state index contributed by atoms with van der Waals surface area (Å²) in [7, 11) is 3.62. The van der Waals surface area contributed by atoms with E-state index in [4.69, 9.17) is 0 Å². The minimum Gasteiger partial charge on any atom is -0.347 e. The number of likely N-dealkylation sites (N-methyl/N-ethyl adjacent to an activating group) is 1. The van der Waals surface area contributed by atoms with Gasteiger partial charge >= 0.3 is 0 Å². The standard InChI is InChI=1S/C20H31N5O2/c1-15-11-22-17(12-21-15)13-25-14-20(6-5-18(25)26)7-9-24(10-8-20)16(2)19(27)23(3)4/h11-12,16H,5-10,13-14H2,1-4H3/t16-/m0/s1. The second kappa shape index (κ2) is 7.92. The first-order valence-electron chi connectivity index (χ1n) is 9.80. The Hall–Kier alpha value is -2.02. The van der Waals surface area contributed by atoms with Crippen LogP contribution in [0.2, 0.25) is 0 Å². The molecule has 0 saturated carbocycles. The largest absolute Gasteiger partial charge is 0.347 e. The molecular formula is C20H31N5O2. The van der Waals surface area contributed by atoms with Crippen molar-refractivity contribution in [3.8, 4) is 0 Å². The molecule has 0 N–H and O–H groups in total. The van der Waals surface area contributed by atoms with Crippen molar-refractivity contribution in [3.05, 3.63) is 23.8 Å². The molecular weight excluding hydrogens is 342 g/mol. The lowest BCUT2D eigenvalue weighted by Gasteiger charge is -2.48. The summed E-state index contributed by atoms with van der Waals surface area (Å²) < 4.78 is 0. The average molecular weight is 374 g/mol. The summed E-state index contributed by atoms with van der Waals surface area (Å²) in [6.07, 6.45) is 7.13.